The van der Waals surface area contributed by atoms with E-state index in [1.165, 1.54) is 24.8 Å². The SMILES string of the molecule is CCNC(c1ccccc1)C1CCc2ccccc2C1. The molecule has 104 valence electrons. The van der Waals surface area contributed by atoms with Gasteiger partial charge in [-0.25, -0.2) is 0 Å². The first-order valence-corrected chi connectivity index (χ1v) is 7.73. The van der Waals surface area contributed by atoms with Gasteiger partial charge in [-0.05, 0) is 48.4 Å². The van der Waals surface area contributed by atoms with Gasteiger partial charge < -0.3 is 5.32 Å². The van der Waals surface area contributed by atoms with Gasteiger partial charge in [0.15, 0.2) is 0 Å². The van der Waals surface area contributed by atoms with Crippen molar-refractivity contribution in [3.8, 4) is 0 Å². The van der Waals surface area contributed by atoms with Crippen molar-refractivity contribution in [1.29, 1.82) is 0 Å². The molecule has 1 aliphatic rings. The van der Waals surface area contributed by atoms with E-state index in [0.717, 1.165) is 6.54 Å². The Labute approximate surface area is 122 Å². The number of aryl methyl sites for hydroxylation is 1. The van der Waals surface area contributed by atoms with E-state index in [0.29, 0.717) is 12.0 Å². The van der Waals surface area contributed by atoms with Crippen molar-refractivity contribution < 1.29 is 0 Å². The Balaban J connectivity index is 1.83. The molecule has 0 spiro atoms. The average molecular weight is 265 g/mol. The van der Waals surface area contributed by atoms with Gasteiger partial charge in [0.25, 0.3) is 0 Å². The van der Waals surface area contributed by atoms with Gasteiger partial charge in [0.05, 0.1) is 0 Å². The van der Waals surface area contributed by atoms with Crippen molar-refractivity contribution in [2.45, 2.75) is 32.2 Å². The molecule has 1 N–H and O–H groups in total. The van der Waals surface area contributed by atoms with E-state index in [4.69, 9.17) is 0 Å². The summed E-state index contributed by atoms with van der Waals surface area (Å²) in [5.74, 6) is 0.701. The first kappa shape index (κ1) is 13.4. The average Bonchev–Trinajstić information content (AvgIpc) is 2.53. The van der Waals surface area contributed by atoms with Gasteiger partial charge in [0.2, 0.25) is 0 Å². The summed E-state index contributed by atoms with van der Waals surface area (Å²) in [6.45, 7) is 3.23. The van der Waals surface area contributed by atoms with E-state index in [1.807, 2.05) is 0 Å². The number of rotatable bonds is 4. The highest BCUT2D eigenvalue weighted by Gasteiger charge is 2.26. The van der Waals surface area contributed by atoms with Crippen molar-refractivity contribution in [1.82, 2.24) is 5.32 Å². The van der Waals surface area contributed by atoms with Crippen LogP contribution in [-0.2, 0) is 12.8 Å². The van der Waals surface area contributed by atoms with Crippen LogP contribution in [-0.4, -0.2) is 6.54 Å². The predicted octanol–water partition coefficient (Wildman–Crippen LogP) is 4.14. The van der Waals surface area contributed by atoms with Gasteiger partial charge in [-0.15, -0.1) is 0 Å². The van der Waals surface area contributed by atoms with Crippen LogP contribution in [0.2, 0.25) is 0 Å². The smallest absolute Gasteiger partial charge is 0.0351 e. The van der Waals surface area contributed by atoms with Crippen molar-refractivity contribution >= 4 is 0 Å². The van der Waals surface area contributed by atoms with Crippen molar-refractivity contribution in [3.05, 3.63) is 71.3 Å². The zero-order valence-corrected chi connectivity index (χ0v) is 12.2. The second kappa shape index (κ2) is 6.23. The summed E-state index contributed by atoms with van der Waals surface area (Å²) in [4.78, 5) is 0. The summed E-state index contributed by atoms with van der Waals surface area (Å²) in [5, 5.41) is 3.70. The molecule has 3 rings (SSSR count). The maximum absolute atomic E-state index is 3.70. The topological polar surface area (TPSA) is 12.0 Å². The molecule has 0 bridgehead atoms. The molecule has 0 saturated carbocycles. The van der Waals surface area contributed by atoms with Crippen LogP contribution in [0.5, 0.6) is 0 Å². The Hall–Kier alpha value is -1.60. The van der Waals surface area contributed by atoms with Crippen LogP contribution in [0.3, 0.4) is 0 Å². The Morgan fingerprint density at radius 3 is 2.45 bits per heavy atom. The van der Waals surface area contributed by atoms with E-state index in [1.54, 1.807) is 11.1 Å². The zero-order chi connectivity index (χ0) is 13.8. The van der Waals surface area contributed by atoms with Crippen molar-refractivity contribution in [2.75, 3.05) is 6.54 Å². The van der Waals surface area contributed by atoms with Crippen LogP contribution in [0.15, 0.2) is 54.6 Å². The Bertz CT molecular complexity index is 547. The van der Waals surface area contributed by atoms with Crippen LogP contribution in [0, 0.1) is 5.92 Å². The standard InChI is InChI=1S/C19H23N/c1-2-20-19(16-9-4-3-5-10-16)18-13-12-15-8-6-7-11-17(15)14-18/h3-11,18-20H,2,12-14H2,1H3. The summed E-state index contributed by atoms with van der Waals surface area (Å²) >= 11 is 0. The minimum atomic E-state index is 0.481. The number of nitrogens with one attached hydrogen (secondary N) is 1. The Morgan fingerprint density at radius 1 is 1.00 bits per heavy atom. The normalized spacial score (nSPS) is 19.4. The largest absolute Gasteiger partial charge is 0.310 e. The van der Waals surface area contributed by atoms with Crippen LogP contribution < -0.4 is 5.32 Å². The highest BCUT2D eigenvalue weighted by atomic mass is 14.9. The third kappa shape index (κ3) is 2.78. The minimum absolute atomic E-state index is 0.481. The third-order valence-electron chi connectivity index (χ3n) is 4.44. The molecule has 0 saturated heterocycles. The molecule has 0 aromatic heterocycles. The van der Waals surface area contributed by atoms with Gasteiger partial charge >= 0.3 is 0 Å². The zero-order valence-electron chi connectivity index (χ0n) is 12.2. The number of fused-ring (bicyclic) bond motifs is 1. The first-order valence-electron chi connectivity index (χ1n) is 7.73. The maximum Gasteiger partial charge on any atom is 0.0351 e. The van der Waals surface area contributed by atoms with Gasteiger partial charge in [-0.2, -0.15) is 0 Å². The van der Waals surface area contributed by atoms with E-state index < -0.39 is 0 Å². The maximum atomic E-state index is 3.70. The summed E-state index contributed by atoms with van der Waals surface area (Å²) < 4.78 is 0. The summed E-state index contributed by atoms with van der Waals surface area (Å²) in [6.07, 6.45) is 3.70. The molecule has 0 amide bonds. The molecular weight excluding hydrogens is 242 g/mol. The van der Waals surface area contributed by atoms with E-state index in [9.17, 15) is 0 Å². The lowest BCUT2D eigenvalue weighted by molar-refractivity contribution is 0.330. The molecule has 20 heavy (non-hydrogen) atoms. The Morgan fingerprint density at radius 2 is 1.70 bits per heavy atom. The highest BCUT2D eigenvalue weighted by Crippen LogP contribution is 2.34. The second-order valence-corrected chi connectivity index (χ2v) is 5.72. The van der Waals surface area contributed by atoms with Crippen molar-refractivity contribution in [2.24, 2.45) is 5.92 Å². The monoisotopic (exact) mass is 265 g/mol. The minimum Gasteiger partial charge on any atom is -0.310 e. The fourth-order valence-corrected chi connectivity index (χ4v) is 3.45. The molecule has 0 radical (unpaired) electrons. The fraction of sp³-hybridized carbons (Fsp3) is 0.368. The van der Waals surface area contributed by atoms with E-state index >= 15 is 0 Å². The van der Waals surface area contributed by atoms with Crippen LogP contribution in [0.4, 0.5) is 0 Å². The molecule has 1 nitrogen and oxygen atoms in total. The summed E-state index contributed by atoms with van der Waals surface area (Å²) in [6, 6.07) is 20.3. The Kier molecular flexibility index (Phi) is 4.17. The van der Waals surface area contributed by atoms with Gasteiger partial charge in [0.1, 0.15) is 0 Å². The van der Waals surface area contributed by atoms with Crippen LogP contribution in [0.1, 0.15) is 36.1 Å². The molecule has 0 aliphatic heterocycles. The quantitative estimate of drug-likeness (QED) is 0.876. The van der Waals surface area contributed by atoms with Gasteiger partial charge in [-0.1, -0.05) is 61.5 Å². The third-order valence-corrected chi connectivity index (χ3v) is 4.44. The van der Waals surface area contributed by atoms with E-state index in [2.05, 4.69) is 66.8 Å². The molecule has 1 heteroatoms. The number of benzene rings is 2. The molecule has 2 aromatic carbocycles. The number of hydrogen-bond donors (Lipinski definition) is 1. The molecule has 1 aliphatic carbocycles. The number of hydrogen-bond acceptors (Lipinski definition) is 1. The first-order chi connectivity index (χ1) is 9.88. The van der Waals surface area contributed by atoms with Crippen molar-refractivity contribution in [3.63, 3.8) is 0 Å². The van der Waals surface area contributed by atoms with Gasteiger partial charge in [-0.3, -0.25) is 0 Å². The molecule has 2 atom stereocenters. The predicted molar refractivity (Wildman–Crippen MR) is 84.8 cm³/mol. The van der Waals surface area contributed by atoms with Crippen LogP contribution >= 0.6 is 0 Å². The highest BCUT2D eigenvalue weighted by molar-refractivity contribution is 5.31. The summed E-state index contributed by atoms with van der Waals surface area (Å²) in [7, 11) is 0. The summed E-state index contributed by atoms with van der Waals surface area (Å²) in [5.41, 5.74) is 4.52. The molecular formula is C19H23N. The van der Waals surface area contributed by atoms with Crippen LogP contribution in [0.25, 0.3) is 0 Å². The molecule has 2 aromatic rings. The fourth-order valence-electron chi connectivity index (χ4n) is 3.45. The van der Waals surface area contributed by atoms with Gasteiger partial charge in [0, 0.05) is 6.04 Å². The lowest BCUT2D eigenvalue weighted by Gasteiger charge is -2.32. The molecule has 0 fully saturated rings. The lowest BCUT2D eigenvalue weighted by atomic mass is 9.78. The molecule has 0 heterocycles. The second-order valence-electron chi connectivity index (χ2n) is 5.72. The molecule has 2 unspecified atom stereocenters. The van der Waals surface area contributed by atoms with E-state index in [-0.39, 0.29) is 0 Å². The lowest BCUT2D eigenvalue weighted by Crippen LogP contribution is -2.31.